The maximum Gasteiger partial charge on any atom is 0.164 e. The van der Waals surface area contributed by atoms with Crippen LogP contribution in [0, 0.1) is 0 Å². The van der Waals surface area contributed by atoms with Gasteiger partial charge in [0.25, 0.3) is 0 Å². The van der Waals surface area contributed by atoms with Gasteiger partial charge in [-0.2, -0.15) is 0 Å². The number of benzene rings is 7. The number of rotatable bonds is 5. The fourth-order valence-electron chi connectivity index (χ4n) is 6.00. The molecule has 0 aliphatic rings. The lowest BCUT2D eigenvalue weighted by molar-refractivity contribution is 1.08. The average molecular weight is 562 g/mol. The van der Waals surface area contributed by atoms with Crippen LogP contribution in [-0.2, 0) is 0 Å². The molecule has 0 unspecified atom stereocenters. The van der Waals surface area contributed by atoms with Crippen LogP contribution in [0.2, 0.25) is 0 Å². The molecule has 0 atom stereocenters. The van der Waals surface area contributed by atoms with Crippen LogP contribution in [-0.4, -0.2) is 15.0 Å². The van der Waals surface area contributed by atoms with Crippen molar-refractivity contribution in [3.05, 3.63) is 164 Å². The van der Waals surface area contributed by atoms with E-state index in [1.165, 1.54) is 22.3 Å². The second-order valence-electron chi connectivity index (χ2n) is 10.9. The lowest BCUT2D eigenvalue weighted by Gasteiger charge is -2.13. The molecule has 3 heteroatoms. The summed E-state index contributed by atoms with van der Waals surface area (Å²) in [6.45, 7) is 0. The minimum atomic E-state index is 0.653. The highest BCUT2D eigenvalue weighted by molar-refractivity contribution is 6.04. The largest absolute Gasteiger partial charge is 0.208 e. The molecular formula is C41H27N3. The molecule has 8 aromatic rings. The molecule has 7 aromatic carbocycles. The van der Waals surface area contributed by atoms with Gasteiger partial charge in [0.1, 0.15) is 0 Å². The average Bonchev–Trinajstić information content (AvgIpc) is 3.11. The number of hydrogen-bond acceptors (Lipinski definition) is 3. The Hall–Kier alpha value is -5.93. The van der Waals surface area contributed by atoms with Gasteiger partial charge in [0.2, 0.25) is 0 Å². The van der Waals surface area contributed by atoms with Crippen molar-refractivity contribution < 1.29 is 0 Å². The van der Waals surface area contributed by atoms with Crippen molar-refractivity contribution in [2.24, 2.45) is 0 Å². The Morgan fingerprint density at radius 2 is 0.773 bits per heavy atom. The monoisotopic (exact) mass is 561 g/mol. The summed E-state index contributed by atoms with van der Waals surface area (Å²) in [7, 11) is 0. The van der Waals surface area contributed by atoms with E-state index in [0.29, 0.717) is 17.5 Å². The van der Waals surface area contributed by atoms with E-state index in [9.17, 15) is 0 Å². The molecule has 0 fully saturated rings. The molecule has 3 nitrogen and oxygen atoms in total. The first-order valence-electron chi connectivity index (χ1n) is 14.8. The van der Waals surface area contributed by atoms with Gasteiger partial charge in [-0.25, -0.2) is 15.0 Å². The summed E-state index contributed by atoms with van der Waals surface area (Å²) >= 11 is 0. The van der Waals surface area contributed by atoms with Crippen LogP contribution >= 0.6 is 0 Å². The number of hydrogen-bond donors (Lipinski definition) is 0. The molecule has 206 valence electrons. The lowest BCUT2D eigenvalue weighted by atomic mass is 9.95. The summed E-state index contributed by atoms with van der Waals surface area (Å²) in [4.78, 5) is 15.3. The highest BCUT2D eigenvalue weighted by Crippen LogP contribution is 2.36. The fraction of sp³-hybridized carbons (Fsp3) is 0. The predicted octanol–water partition coefficient (Wildman–Crippen LogP) is 10.5. The Bertz CT molecular complexity index is 2260. The second-order valence-corrected chi connectivity index (χ2v) is 10.9. The Kier molecular flexibility index (Phi) is 6.47. The molecule has 0 aliphatic heterocycles. The summed E-state index contributed by atoms with van der Waals surface area (Å²) in [6.07, 6.45) is 0. The molecule has 0 spiro atoms. The maximum absolute atomic E-state index is 5.16. The van der Waals surface area contributed by atoms with Crippen LogP contribution in [0.5, 0.6) is 0 Å². The quantitative estimate of drug-likeness (QED) is 0.210. The van der Waals surface area contributed by atoms with Crippen molar-refractivity contribution in [1.29, 1.82) is 0 Å². The fourth-order valence-corrected chi connectivity index (χ4v) is 6.00. The highest BCUT2D eigenvalue weighted by Gasteiger charge is 2.17. The van der Waals surface area contributed by atoms with E-state index in [1.807, 2.05) is 30.3 Å². The summed E-state index contributed by atoms with van der Waals surface area (Å²) in [6, 6.07) is 56.9. The lowest BCUT2D eigenvalue weighted by Crippen LogP contribution is -2.01. The van der Waals surface area contributed by atoms with E-state index in [0.717, 1.165) is 38.2 Å². The highest BCUT2D eigenvalue weighted by atomic mass is 15.0. The topological polar surface area (TPSA) is 38.7 Å². The van der Waals surface area contributed by atoms with Gasteiger partial charge in [-0.1, -0.05) is 158 Å². The van der Waals surface area contributed by atoms with Gasteiger partial charge in [-0.3, -0.25) is 0 Å². The number of fused-ring (bicyclic) bond motifs is 2. The third-order valence-corrected chi connectivity index (χ3v) is 8.14. The molecule has 8 rings (SSSR count). The molecule has 0 N–H and O–H groups in total. The van der Waals surface area contributed by atoms with Crippen molar-refractivity contribution in [1.82, 2.24) is 15.0 Å². The summed E-state index contributed by atoms with van der Waals surface area (Å²) in [5, 5.41) is 4.52. The van der Waals surface area contributed by atoms with Gasteiger partial charge in [0.15, 0.2) is 17.5 Å². The van der Waals surface area contributed by atoms with E-state index >= 15 is 0 Å². The van der Waals surface area contributed by atoms with E-state index in [4.69, 9.17) is 15.0 Å². The molecule has 0 saturated heterocycles. The van der Waals surface area contributed by atoms with E-state index in [2.05, 4.69) is 133 Å². The first-order valence-corrected chi connectivity index (χ1v) is 14.8. The maximum atomic E-state index is 5.16. The molecular weight excluding hydrogens is 534 g/mol. The SMILES string of the molecule is c1ccc(-c2ccc3c(-c4nc(-c5ccccc5)nc(-c5cccc6c(-c7ccccc7)cccc56)n4)cccc3c2)cc1. The van der Waals surface area contributed by atoms with Crippen molar-refractivity contribution in [3.8, 4) is 56.4 Å². The molecule has 1 aromatic heterocycles. The predicted molar refractivity (Wildman–Crippen MR) is 182 cm³/mol. The van der Waals surface area contributed by atoms with E-state index < -0.39 is 0 Å². The first-order chi connectivity index (χ1) is 21.8. The van der Waals surface area contributed by atoms with Crippen molar-refractivity contribution in [2.75, 3.05) is 0 Å². The van der Waals surface area contributed by atoms with Gasteiger partial charge in [0, 0.05) is 16.7 Å². The van der Waals surface area contributed by atoms with Gasteiger partial charge in [-0.15, -0.1) is 0 Å². The van der Waals surface area contributed by atoms with Gasteiger partial charge >= 0.3 is 0 Å². The molecule has 0 saturated carbocycles. The van der Waals surface area contributed by atoms with Crippen molar-refractivity contribution in [2.45, 2.75) is 0 Å². The van der Waals surface area contributed by atoms with Gasteiger partial charge in [-0.05, 0) is 49.9 Å². The molecule has 0 aliphatic carbocycles. The summed E-state index contributed by atoms with van der Waals surface area (Å²) < 4.78 is 0. The van der Waals surface area contributed by atoms with E-state index in [1.54, 1.807) is 0 Å². The molecule has 0 amide bonds. The molecule has 1 heterocycles. The standard InChI is InChI=1S/C41H27N3/c1-4-13-28(14-5-1)31-25-26-34-32(27-31)19-10-23-37(34)40-42-39(30-17-8-3-9-18-30)43-41(44-40)38-24-12-21-35-33(20-11-22-36(35)38)29-15-6-2-7-16-29/h1-27H. The number of nitrogens with zero attached hydrogens (tertiary/aromatic N) is 3. The zero-order chi connectivity index (χ0) is 29.3. The zero-order valence-corrected chi connectivity index (χ0v) is 23.9. The normalized spacial score (nSPS) is 11.2. The Morgan fingerprint density at radius 1 is 0.273 bits per heavy atom. The van der Waals surface area contributed by atoms with Crippen LogP contribution in [0.15, 0.2) is 164 Å². The third kappa shape index (κ3) is 4.71. The van der Waals surface area contributed by atoms with E-state index in [-0.39, 0.29) is 0 Å². The molecule has 0 bridgehead atoms. The Balaban J connectivity index is 1.34. The molecule has 0 radical (unpaired) electrons. The second kappa shape index (κ2) is 11.0. The minimum Gasteiger partial charge on any atom is -0.208 e. The summed E-state index contributed by atoms with van der Waals surface area (Å²) in [5.74, 6) is 1.96. The first kappa shape index (κ1) is 25.8. The van der Waals surface area contributed by atoms with Crippen molar-refractivity contribution >= 4 is 21.5 Å². The van der Waals surface area contributed by atoms with Crippen molar-refractivity contribution in [3.63, 3.8) is 0 Å². The van der Waals surface area contributed by atoms with Crippen LogP contribution in [0.4, 0.5) is 0 Å². The Labute approximate surface area is 256 Å². The zero-order valence-electron chi connectivity index (χ0n) is 23.9. The molecule has 44 heavy (non-hydrogen) atoms. The smallest absolute Gasteiger partial charge is 0.164 e. The third-order valence-electron chi connectivity index (χ3n) is 8.14. The van der Waals surface area contributed by atoms with Crippen LogP contribution in [0.3, 0.4) is 0 Å². The van der Waals surface area contributed by atoms with Crippen LogP contribution < -0.4 is 0 Å². The van der Waals surface area contributed by atoms with Crippen LogP contribution in [0.1, 0.15) is 0 Å². The van der Waals surface area contributed by atoms with Gasteiger partial charge in [0.05, 0.1) is 0 Å². The Morgan fingerprint density at radius 3 is 1.43 bits per heavy atom. The van der Waals surface area contributed by atoms with Gasteiger partial charge < -0.3 is 0 Å². The van der Waals surface area contributed by atoms with Crippen LogP contribution in [0.25, 0.3) is 78.0 Å². The summed E-state index contributed by atoms with van der Waals surface area (Å²) in [5.41, 5.74) is 7.66. The minimum absolute atomic E-state index is 0.653. The number of aromatic nitrogens is 3.